The van der Waals surface area contributed by atoms with Crippen molar-refractivity contribution >= 4 is 7.37 Å². The van der Waals surface area contributed by atoms with Gasteiger partial charge in [-0.25, -0.2) is 0 Å². The molecule has 0 saturated carbocycles. The molecule has 0 amide bonds. The zero-order valence-electron chi connectivity index (χ0n) is 6.84. The van der Waals surface area contributed by atoms with E-state index in [0.717, 1.165) is 19.3 Å². The maximum Gasteiger partial charge on any atom is 0.200 e. The second-order valence-electron chi connectivity index (χ2n) is 2.65. The maximum atomic E-state index is 11.1. The van der Waals surface area contributed by atoms with Gasteiger partial charge in [0.05, 0.1) is 0 Å². The van der Waals surface area contributed by atoms with Gasteiger partial charge in [0.2, 0.25) is 7.37 Å². The van der Waals surface area contributed by atoms with Crippen molar-refractivity contribution in [1.29, 1.82) is 0 Å². The van der Waals surface area contributed by atoms with Crippen molar-refractivity contribution < 1.29 is 9.46 Å². The first-order valence-corrected chi connectivity index (χ1v) is 5.96. The first kappa shape index (κ1) is 10.2. The van der Waals surface area contributed by atoms with Crippen molar-refractivity contribution in [2.45, 2.75) is 33.1 Å². The van der Waals surface area contributed by atoms with Crippen LogP contribution in [0.25, 0.3) is 0 Å². The molecule has 0 aliphatic heterocycles. The van der Waals surface area contributed by atoms with E-state index >= 15 is 0 Å². The molecule has 0 aromatic rings. The number of hydrogen-bond acceptors (Lipinski definition) is 1. The van der Waals surface area contributed by atoms with Crippen LogP contribution in [0, 0.1) is 0 Å². The molecule has 0 heterocycles. The van der Waals surface area contributed by atoms with E-state index in [1.807, 2.05) is 13.8 Å². The lowest BCUT2D eigenvalue weighted by Crippen LogP contribution is -1.92. The third-order valence-corrected chi connectivity index (χ3v) is 3.60. The fourth-order valence-electron chi connectivity index (χ4n) is 0.866. The van der Waals surface area contributed by atoms with Crippen molar-refractivity contribution in [3.05, 3.63) is 0 Å². The summed E-state index contributed by atoms with van der Waals surface area (Å²) in [7, 11) is -2.71. The van der Waals surface area contributed by atoms with Gasteiger partial charge in [0.15, 0.2) is 0 Å². The standard InChI is InChI=1S/C7H17O2P/c1-3-5-7-10(8,9)6-4-2/h3-7H2,1-2H3,(H,8,9). The van der Waals surface area contributed by atoms with E-state index in [-0.39, 0.29) is 0 Å². The Balaban J connectivity index is 3.53. The molecule has 10 heavy (non-hydrogen) atoms. The van der Waals surface area contributed by atoms with Crippen molar-refractivity contribution in [3.63, 3.8) is 0 Å². The minimum absolute atomic E-state index is 0.493. The Morgan fingerprint density at radius 3 is 2.20 bits per heavy atom. The van der Waals surface area contributed by atoms with Crippen LogP contribution in [0.15, 0.2) is 0 Å². The average Bonchev–Trinajstić information content (AvgIpc) is 1.84. The highest BCUT2D eigenvalue weighted by atomic mass is 31.2. The fourth-order valence-corrected chi connectivity index (χ4v) is 2.60. The number of rotatable bonds is 5. The van der Waals surface area contributed by atoms with Crippen LogP contribution in [-0.2, 0) is 4.57 Å². The van der Waals surface area contributed by atoms with Crippen LogP contribution in [0.4, 0.5) is 0 Å². The third-order valence-electron chi connectivity index (χ3n) is 1.43. The fraction of sp³-hybridized carbons (Fsp3) is 1.00. The Morgan fingerprint density at radius 2 is 1.80 bits per heavy atom. The highest BCUT2D eigenvalue weighted by molar-refractivity contribution is 7.57. The van der Waals surface area contributed by atoms with Crippen LogP contribution in [0.2, 0.25) is 0 Å². The van der Waals surface area contributed by atoms with Crippen molar-refractivity contribution in [3.8, 4) is 0 Å². The van der Waals surface area contributed by atoms with E-state index in [1.165, 1.54) is 0 Å². The first-order chi connectivity index (χ1) is 4.62. The second-order valence-corrected chi connectivity index (χ2v) is 5.23. The van der Waals surface area contributed by atoms with Gasteiger partial charge in [0.25, 0.3) is 0 Å². The molecule has 0 aromatic carbocycles. The van der Waals surface area contributed by atoms with Gasteiger partial charge in [0.1, 0.15) is 0 Å². The molecular formula is C7H17O2P. The van der Waals surface area contributed by atoms with E-state index in [1.54, 1.807) is 0 Å². The molecule has 1 N–H and O–H groups in total. The lowest BCUT2D eigenvalue weighted by atomic mass is 10.4. The largest absolute Gasteiger partial charge is 0.344 e. The van der Waals surface area contributed by atoms with E-state index in [2.05, 4.69) is 0 Å². The molecule has 0 saturated heterocycles. The summed E-state index contributed by atoms with van der Waals surface area (Å²) in [5, 5.41) is 0. The summed E-state index contributed by atoms with van der Waals surface area (Å²) < 4.78 is 11.1. The maximum absolute atomic E-state index is 11.1. The minimum Gasteiger partial charge on any atom is -0.344 e. The first-order valence-electron chi connectivity index (χ1n) is 3.93. The molecule has 0 rings (SSSR count). The van der Waals surface area contributed by atoms with Gasteiger partial charge in [-0.05, 0) is 12.8 Å². The Morgan fingerprint density at radius 1 is 1.20 bits per heavy atom. The van der Waals surface area contributed by atoms with E-state index in [4.69, 9.17) is 0 Å². The quantitative estimate of drug-likeness (QED) is 0.634. The van der Waals surface area contributed by atoms with Gasteiger partial charge in [0, 0.05) is 12.3 Å². The van der Waals surface area contributed by atoms with Gasteiger partial charge in [-0.3, -0.25) is 4.57 Å². The SMILES string of the molecule is CCCCP(=O)(O)CCC. The van der Waals surface area contributed by atoms with E-state index < -0.39 is 7.37 Å². The number of unbranched alkanes of at least 4 members (excludes halogenated alkanes) is 1. The highest BCUT2D eigenvalue weighted by Crippen LogP contribution is 2.41. The summed E-state index contributed by atoms with van der Waals surface area (Å²) in [6.45, 7) is 3.97. The summed E-state index contributed by atoms with van der Waals surface area (Å²) in [4.78, 5) is 9.20. The van der Waals surface area contributed by atoms with Gasteiger partial charge in [-0.1, -0.05) is 20.3 Å². The lowest BCUT2D eigenvalue weighted by Gasteiger charge is -2.07. The van der Waals surface area contributed by atoms with Crippen LogP contribution < -0.4 is 0 Å². The molecule has 0 bridgehead atoms. The zero-order valence-corrected chi connectivity index (χ0v) is 7.73. The van der Waals surface area contributed by atoms with Crippen LogP contribution in [0.3, 0.4) is 0 Å². The Kier molecular flexibility index (Phi) is 5.02. The summed E-state index contributed by atoms with van der Waals surface area (Å²) in [6, 6.07) is 0. The van der Waals surface area contributed by atoms with Gasteiger partial charge < -0.3 is 4.89 Å². The normalized spacial score (nSPS) is 16.7. The van der Waals surface area contributed by atoms with Crippen LogP contribution in [0.1, 0.15) is 33.1 Å². The molecule has 0 aromatic heterocycles. The Bertz CT molecular complexity index is 123. The molecule has 0 radical (unpaired) electrons. The van der Waals surface area contributed by atoms with E-state index in [0.29, 0.717) is 12.3 Å². The molecule has 0 aliphatic rings. The monoisotopic (exact) mass is 164 g/mol. The molecule has 3 heteroatoms. The smallest absolute Gasteiger partial charge is 0.200 e. The summed E-state index contributed by atoms with van der Waals surface area (Å²) in [5.41, 5.74) is 0. The summed E-state index contributed by atoms with van der Waals surface area (Å²) in [6.07, 6.45) is 3.71. The van der Waals surface area contributed by atoms with Crippen molar-refractivity contribution in [2.24, 2.45) is 0 Å². The van der Waals surface area contributed by atoms with Crippen molar-refractivity contribution in [1.82, 2.24) is 0 Å². The predicted octanol–water partition coefficient (Wildman–Crippen LogP) is 2.47. The predicted molar refractivity (Wildman–Crippen MR) is 44.8 cm³/mol. The molecule has 0 fully saturated rings. The van der Waals surface area contributed by atoms with Gasteiger partial charge in [-0.2, -0.15) is 0 Å². The summed E-state index contributed by atoms with van der Waals surface area (Å²) >= 11 is 0. The van der Waals surface area contributed by atoms with Crippen LogP contribution >= 0.6 is 7.37 Å². The van der Waals surface area contributed by atoms with E-state index in [9.17, 15) is 9.46 Å². The molecule has 0 aliphatic carbocycles. The molecule has 1 unspecified atom stereocenters. The molecule has 62 valence electrons. The van der Waals surface area contributed by atoms with Crippen LogP contribution in [0.5, 0.6) is 0 Å². The molecule has 1 atom stereocenters. The number of hydrogen-bond donors (Lipinski definition) is 1. The van der Waals surface area contributed by atoms with Crippen LogP contribution in [-0.4, -0.2) is 17.2 Å². The van der Waals surface area contributed by atoms with Gasteiger partial charge in [-0.15, -0.1) is 0 Å². The third kappa shape index (κ3) is 5.01. The highest BCUT2D eigenvalue weighted by Gasteiger charge is 2.14. The van der Waals surface area contributed by atoms with Gasteiger partial charge >= 0.3 is 0 Å². The molecule has 0 spiro atoms. The molecular weight excluding hydrogens is 147 g/mol. The second kappa shape index (κ2) is 4.92. The summed E-state index contributed by atoms with van der Waals surface area (Å²) in [5.74, 6) is 0. The Labute approximate surface area is 63.1 Å². The molecule has 2 nitrogen and oxygen atoms in total. The zero-order chi connectivity index (χ0) is 8.04. The topological polar surface area (TPSA) is 37.3 Å². The lowest BCUT2D eigenvalue weighted by molar-refractivity contribution is 0.474. The minimum atomic E-state index is -2.71. The average molecular weight is 164 g/mol. The van der Waals surface area contributed by atoms with Crippen molar-refractivity contribution in [2.75, 3.05) is 12.3 Å². The Hall–Kier alpha value is 0.190.